The van der Waals surface area contributed by atoms with Crippen LogP contribution in [0, 0.1) is 0 Å². The highest BCUT2D eigenvalue weighted by Gasteiger charge is 2.34. The van der Waals surface area contributed by atoms with E-state index in [2.05, 4.69) is 0 Å². The van der Waals surface area contributed by atoms with Crippen molar-refractivity contribution >= 4 is 29.3 Å². The molecule has 6 nitrogen and oxygen atoms in total. The molecule has 3 rings (SSSR count). The van der Waals surface area contributed by atoms with Crippen molar-refractivity contribution in [2.24, 2.45) is 5.73 Å². The third kappa shape index (κ3) is 3.21. The summed E-state index contributed by atoms with van der Waals surface area (Å²) < 4.78 is 18.8. The van der Waals surface area contributed by atoms with Crippen LogP contribution in [0.1, 0.15) is 16.1 Å². The molecule has 0 aliphatic carbocycles. The number of aliphatic hydroxyl groups is 1. The molecular formula is C15H16ClFN2O4. The molecule has 1 saturated heterocycles. The van der Waals surface area contributed by atoms with E-state index in [0.29, 0.717) is 11.3 Å². The number of β-amino-alcohol motifs (C(OH)–C–C–N with tert-alkyl or cyclic N) is 1. The van der Waals surface area contributed by atoms with E-state index < -0.39 is 18.2 Å². The average molecular weight is 343 g/mol. The van der Waals surface area contributed by atoms with E-state index in [-0.39, 0.29) is 48.4 Å². The molecular weight excluding hydrogens is 327 g/mol. The Morgan fingerprint density at radius 2 is 2.13 bits per heavy atom. The zero-order chi connectivity index (χ0) is 15.9. The van der Waals surface area contributed by atoms with Crippen LogP contribution in [-0.2, 0) is 6.54 Å². The number of halogens is 2. The summed E-state index contributed by atoms with van der Waals surface area (Å²) in [5, 5.41) is 9.66. The van der Waals surface area contributed by atoms with E-state index in [4.69, 9.17) is 10.2 Å². The number of hydrogen-bond acceptors (Lipinski definition) is 5. The van der Waals surface area contributed by atoms with E-state index in [0.717, 1.165) is 0 Å². The molecule has 2 atom stereocenters. The molecule has 2 aromatic rings. The number of nitrogens with two attached hydrogens (primary N) is 1. The fourth-order valence-electron chi connectivity index (χ4n) is 2.54. The van der Waals surface area contributed by atoms with E-state index >= 15 is 0 Å². The summed E-state index contributed by atoms with van der Waals surface area (Å²) in [7, 11) is 0. The Morgan fingerprint density at radius 3 is 2.74 bits per heavy atom. The van der Waals surface area contributed by atoms with E-state index in [1.807, 2.05) is 0 Å². The number of rotatable bonds is 2. The highest BCUT2D eigenvalue weighted by atomic mass is 35.5. The van der Waals surface area contributed by atoms with Crippen LogP contribution >= 0.6 is 12.4 Å². The quantitative estimate of drug-likeness (QED) is 0.842. The average Bonchev–Trinajstić information content (AvgIpc) is 2.85. The smallest absolute Gasteiger partial charge is 0.254 e. The molecule has 124 valence electrons. The molecule has 1 aliphatic rings. The first-order valence-electron chi connectivity index (χ1n) is 6.88. The zero-order valence-corrected chi connectivity index (χ0v) is 12.9. The molecule has 2 unspecified atom stereocenters. The fraction of sp³-hybridized carbons (Fsp3) is 0.333. The van der Waals surface area contributed by atoms with Gasteiger partial charge in [0.05, 0.1) is 18.5 Å². The summed E-state index contributed by atoms with van der Waals surface area (Å²) >= 11 is 0. The summed E-state index contributed by atoms with van der Waals surface area (Å²) in [6, 6.07) is 5.73. The predicted molar refractivity (Wildman–Crippen MR) is 84.4 cm³/mol. The number of fused-ring (bicyclic) bond motifs is 1. The van der Waals surface area contributed by atoms with Gasteiger partial charge in [-0.1, -0.05) is 0 Å². The van der Waals surface area contributed by atoms with Crippen LogP contribution in [0.25, 0.3) is 11.0 Å². The van der Waals surface area contributed by atoms with Crippen LogP contribution in [-0.4, -0.2) is 41.3 Å². The highest BCUT2D eigenvalue weighted by molar-refractivity contribution is 5.97. The van der Waals surface area contributed by atoms with Gasteiger partial charge in [-0.15, -0.1) is 12.4 Å². The summed E-state index contributed by atoms with van der Waals surface area (Å²) in [5.74, 6) is -0.0667. The molecule has 0 radical (unpaired) electrons. The first-order valence-corrected chi connectivity index (χ1v) is 6.88. The number of aliphatic hydroxyl groups excluding tert-OH is 1. The number of hydrogen-bond donors (Lipinski definition) is 2. The Hall–Kier alpha value is -1.96. The number of carbonyl (C=O) groups excluding carboxylic acids is 1. The lowest BCUT2D eigenvalue weighted by Gasteiger charge is -2.15. The van der Waals surface area contributed by atoms with Crippen molar-refractivity contribution in [3.63, 3.8) is 0 Å². The van der Waals surface area contributed by atoms with Crippen LogP contribution in [0.4, 0.5) is 4.39 Å². The number of nitrogens with zero attached hydrogens (tertiary/aromatic N) is 1. The summed E-state index contributed by atoms with van der Waals surface area (Å²) in [6.07, 6.45) is -2.61. The summed E-state index contributed by atoms with van der Waals surface area (Å²) in [4.78, 5) is 25.6. The predicted octanol–water partition coefficient (Wildman–Crippen LogP) is 0.828. The van der Waals surface area contributed by atoms with Crippen molar-refractivity contribution in [2.45, 2.75) is 18.8 Å². The van der Waals surface area contributed by atoms with Crippen molar-refractivity contribution in [1.82, 2.24) is 4.90 Å². The molecule has 0 saturated carbocycles. The second-order valence-corrected chi connectivity index (χ2v) is 5.29. The summed E-state index contributed by atoms with van der Waals surface area (Å²) in [6.45, 7) is -0.104. The third-order valence-electron chi connectivity index (χ3n) is 3.73. The zero-order valence-electron chi connectivity index (χ0n) is 12.1. The van der Waals surface area contributed by atoms with Crippen LogP contribution in [0.3, 0.4) is 0 Å². The molecule has 23 heavy (non-hydrogen) atoms. The Balaban J connectivity index is 0.00000192. The van der Waals surface area contributed by atoms with Crippen molar-refractivity contribution < 1.29 is 18.7 Å². The Kier molecular flexibility index (Phi) is 5.03. The lowest BCUT2D eigenvalue weighted by atomic mass is 10.1. The molecule has 2 heterocycles. The van der Waals surface area contributed by atoms with E-state index in [1.54, 1.807) is 0 Å². The molecule has 1 aromatic carbocycles. The molecule has 0 bridgehead atoms. The number of benzene rings is 1. The van der Waals surface area contributed by atoms with Gasteiger partial charge in [-0.25, -0.2) is 4.39 Å². The molecule has 1 aromatic heterocycles. The highest BCUT2D eigenvalue weighted by Crippen LogP contribution is 2.19. The fourth-order valence-corrected chi connectivity index (χ4v) is 2.54. The Labute approximate surface area is 137 Å². The normalized spacial score (nSPS) is 20.6. The lowest BCUT2D eigenvalue weighted by molar-refractivity contribution is 0.0764. The van der Waals surface area contributed by atoms with Crippen LogP contribution in [0.5, 0.6) is 0 Å². The van der Waals surface area contributed by atoms with Crippen LogP contribution in [0.15, 0.2) is 33.5 Å². The number of amides is 1. The van der Waals surface area contributed by atoms with Crippen molar-refractivity contribution in [2.75, 3.05) is 13.1 Å². The largest absolute Gasteiger partial charge is 0.459 e. The standard InChI is InChI=1S/C15H15FN2O4.ClH/c16-11-6-18(7-13(11)20)15(21)8-1-2-14-10(3-8)12(19)4-9(5-17)22-14;/h1-4,11,13,20H,5-7,17H2;1H. The summed E-state index contributed by atoms with van der Waals surface area (Å²) in [5.41, 5.74) is 5.75. The SMILES string of the molecule is Cl.NCc1cc(=O)c2cc(C(=O)N3CC(O)C(F)C3)ccc2o1. The number of alkyl halides is 1. The topological polar surface area (TPSA) is 96.8 Å². The Bertz CT molecular complexity index is 785. The van der Waals surface area contributed by atoms with Gasteiger partial charge in [-0.2, -0.15) is 0 Å². The minimum absolute atomic E-state index is 0. The molecule has 0 spiro atoms. The van der Waals surface area contributed by atoms with Crippen molar-refractivity contribution in [1.29, 1.82) is 0 Å². The molecule has 1 amide bonds. The van der Waals surface area contributed by atoms with Gasteiger partial charge in [-0.3, -0.25) is 9.59 Å². The second-order valence-electron chi connectivity index (χ2n) is 5.29. The maximum absolute atomic E-state index is 13.3. The van der Waals surface area contributed by atoms with Gasteiger partial charge in [0.2, 0.25) is 0 Å². The maximum Gasteiger partial charge on any atom is 0.254 e. The van der Waals surface area contributed by atoms with Gasteiger partial charge < -0.3 is 20.2 Å². The first-order chi connectivity index (χ1) is 10.5. The number of carbonyl (C=O) groups is 1. The minimum atomic E-state index is -1.44. The lowest BCUT2D eigenvalue weighted by Crippen LogP contribution is -2.29. The molecule has 3 N–H and O–H groups in total. The van der Waals surface area contributed by atoms with Gasteiger partial charge in [0, 0.05) is 18.2 Å². The Morgan fingerprint density at radius 1 is 1.39 bits per heavy atom. The van der Waals surface area contributed by atoms with Crippen molar-refractivity contribution in [3.05, 3.63) is 45.8 Å². The minimum Gasteiger partial charge on any atom is -0.459 e. The van der Waals surface area contributed by atoms with Crippen LogP contribution < -0.4 is 11.2 Å². The van der Waals surface area contributed by atoms with Gasteiger partial charge in [0.25, 0.3) is 5.91 Å². The third-order valence-corrected chi connectivity index (χ3v) is 3.73. The van der Waals surface area contributed by atoms with Crippen molar-refractivity contribution in [3.8, 4) is 0 Å². The number of likely N-dealkylation sites (tertiary alicyclic amines) is 1. The van der Waals surface area contributed by atoms with E-state index in [9.17, 15) is 19.1 Å². The van der Waals surface area contributed by atoms with Gasteiger partial charge in [-0.05, 0) is 18.2 Å². The molecule has 1 fully saturated rings. The second kappa shape index (κ2) is 6.66. The van der Waals surface area contributed by atoms with E-state index in [1.165, 1.54) is 29.2 Å². The first kappa shape index (κ1) is 17.4. The van der Waals surface area contributed by atoms with Crippen LogP contribution in [0.2, 0.25) is 0 Å². The van der Waals surface area contributed by atoms with Gasteiger partial charge in [0.15, 0.2) is 5.43 Å². The van der Waals surface area contributed by atoms with Gasteiger partial charge >= 0.3 is 0 Å². The van der Waals surface area contributed by atoms with Gasteiger partial charge in [0.1, 0.15) is 23.6 Å². The maximum atomic E-state index is 13.3. The molecule has 1 aliphatic heterocycles. The monoisotopic (exact) mass is 342 g/mol. The molecule has 8 heteroatoms.